The molecule has 1 unspecified atom stereocenters. The summed E-state index contributed by atoms with van der Waals surface area (Å²) in [6.07, 6.45) is 8.05. The quantitative estimate of drug-likeness (QED) is 0.631. The minimum Gasteiger partial charge on any atom is -0.298 e. The molecule has 3 aliphatic heterocycles. The second kappa shape index (κ2) is 7.10. The third-order valence-corrected chi connectivity index (χ3v) is 6.77. The molecule has 2 saturated heterocycles. The van der Waals surface area contributed by atoms with Crippen molar-refractivity contribution >= 4 is 11.7 Å². The molecule has 160 valence electrons. The number of rotatable bonds is 2. The van der Waals surface area contributed by atoms with E-state index in [1.165, 1.54) is 25.5 Å². The topological polar surface area (TPSA) is 71.6 Å². The maximum atomic E-state index is 13.1. The highest BCUT2D eigenvalue weighted by Gasteiger charge is 2.33. The summed E-state index contributed by atoms with van der Waals surface area (Å²) < 4.78 is 12.5. The lowest BCUT2D eigenvalue weighted by Gasteiger charge is -2.41. The van der Waals surface area contributed by atoms with E-state index in [4.69, 9.17) is 6.35 Å². The number of piperazine rings is 1. The van der Waals surface area contributed by atoms with E-state index in [2.05, 4.69) is 19.9 Å². The zero-order chi connectivity index (χ0) is 22.0. The standard InChI is InChI=1S/C23H27N7O/c1-15-10-20(26-30-12-16(2)24-23(15)30)19-11-22(31)29-14-18(5-6-21(29)25-19)28-9-8-27-7-3-4-17(27)13-28/h5-6,10-12,17-18H,3-4,7-9,13-14H2,1-2H3/t17-,18?/m0/s1/i18D. The summed E-state index contributed by atoms with van der Waals surface area (Å²) in [6.45, 7) is 8.12. The zero-order valence-electron chi connectivity index (χ0n) is 19.0. The number of fused-ring (bicyclic) bond motifs is 3. The van der Waals surface area contributed by atoms with Gasteiger partial charge in [0, 0.05) is 44.3 Å². The minimum atomic E-state index is -0.920. The number of aryl methyl sites for hydroxylation is 2. The van der Waals surface area contributed by atoms with Crippen LogP contribution in [-0.4, -0.2) is 72.2 Å². The van der Waals surface area contributed by atoms with Gasteiger partial charge in [-0.25, -0.2) is 14.5 Å². The van der Waals surface area contributed by atoms with Gasteiger partial charge in [-0.15, -0.1) is 0 Å². The van der Waals surface area contributed by atoms with E-state index in [-0.39, 0.29) is 5.56 Å². The molecule has 0 spiro atoms. The summed E-state index contributed by atoms with van der Waals surface area (Å²) in [7, 11) is 0. The summed E-state index contributed by atoms with van der Waals surface area (Å²) in [6, 6.07) is 3.07. The van der Waals surface area contributed by atoms with E-state index >= 15 is 0 Å². The van der Waals surface area contributed by atoms with Crippen molar-refractivity contribution in [3.05, 3.63) is 51.8 Å². The Balaban J connectivity index is 1.33. The molecule has 6 heterocycles. The molecule has 2 fully saturated rings. The fourth-order valence-corrected chi connectivity index (χ4v) is 5.15. The molecule has 8 heteroatoms. The zero-order valence-corrected chi connectivity index (χ0v) is 18.0. The fourth-order valence-electron chi connectivity index (χ4n) is 5.15. The first-order valence-electron chi connectivity index (χ1n) is 11.5. The highest BCUT2D eigenvalue weighted by Crippen LogP contribution is 2.25. The molecule has 0 radical (unpaired) electrons. The Hall–Kier alpha value is -2.84. The Morgan fingerprint density at radius 1 is 1.06 bits per heavy atom. The van der Waals surface area contributed by atoms with Gasteiger partial charge in [0.05, 0.1) is 19.0 Å². The third-order valence-electron chi connectivity index (χ3n) is 6.77. The van der Waals surface area contributed by atoms with Crippen molar-refractivity contribution in [2.45, 2.75) is 45.3 Å². The molecule has 0 bridgehead atoms. The van der Waals surface area contributed by atoms with Crippen LogP contribution in [0.15, 0.2) is 29.2 Å². The van der Waals surface area contributed by atoms with Crippen molar-refractivity contribution < 1.29 is 1.37 Å². The summed E-state index contributed by atoms with van der Waals surface area (Å²) in [5.74, 6) is 0.580. The van der Waals surface area contributed by atoms with E-state index in [0.717, 1.165) is 36.5 Å². The van der Waals surface area contributed by atoms with Crippen LogP contribution in [0.4, 0.5) is 0 Å². The van der Waals surface area contributed by atoms with Gasteiger partial charge in [0.1, 0.15) is 11.5 Å². The summed E-state index contributed by atoms with van der Waals surface area (Å²) in [4.78, 5) is 27.1. The molecule has 0 amide bonds. The van der Waals surface area contributed by atoms with Gasteiger partial charge in [-0.3, -0.25) is 19.2 Å². The number of aromatic nitrogens is 5. The van der Waals surface area contributed by atoms with Crippen molar-refractivity contribution in [1.82, 2.24) is 33.9 Å². The molecule has 31 heavy (non-hydrogen) atoms. The molecule has 3 aromatic rings. The average Bonchev–Trinajstić information content (AvgIpc) is 3.39. The fraction of sp³-hybridized carbons (Fsp3) is 0.478. The molecular formula is C23H27N7O. The first-order chi connectivity index (χ1) is 15.4. The van der Waals surface area contributed by atoms with Gasteiger partial charge in [0.2, 0.25) is 0 Å². The molecule has 0 N–H and O–H groups in total. The minimum absolute atomic E-state index is 0.146. The molecule has 8 nitrogen and oxygen atoms in total. The van der Waals surface area contributed by atoms with Crippen molar-refractivity contribution in [3.63, 3.8) is 0 Å². The Bertz CT molecular complexity index is 1310. The normalized spacial score (nSPS) is 26.8. The van der Waals surface area contributed by atoms with Crippen molar-refractivity contribution in [3.8, 4) is 11.4 Å². The molecule has 0 saturated carbocycles. The molecule has 6 rings (SSSR count). The third kappa shape index (κ3) is 3.21. The SMILES string of the molecule is [2H]C1(N2CCN3CCC[C@H]3C2)C=Cc2nc(-c3cc(C)c4nc(C)cn4n3)cc(=O)n2C1. The van der Waals surface area contributed by atoms with Crippen molar-refractivity contribution in [2.75, 3.05) is 26.2 Å². The van der Waals surface area contributed by atoms with Crippen LogP contribution in [0.1, 0.15) is 31.3 Å². The van der Waals surface area contributed by atoms with E-state index < -0.39 is 6.02 Å². The summed E-state index contributed by atoms with van der Waals surface area (Å²) >= 11 is 0. The van der Waals surface area contributed by atoms with E-state index in [1.54, 1.807) is 9.08 Å². The van der Waals surface area contributed by atoms with Crippen LogP contribution in [0.2, 0.25) is 0 Å². The predicted octanol–water partition coefficient (Wildman–Crippen LogP) is 1.75. The Morgan fingerprint density at radius 2 is 1.94 bits per heavy atom. The van der Waals surface area contributed by atoms with Gasteiger partial charge in [0.15, 0.2) is 5.65 Å². The highest BCUT2D eigenvalue weighted by atomic mass is 16.1. The maximum Gasteiger partial charge on any atom is 0.254 e. The lowest BCUT2D eigenvalue weighted by molar-refractivity contribution is 0.0793. The van der Waals surface area contributed by atoms with Gasteiger partial charge in [0.25, 0.3) is 5.56 Å². The van der Waals surface area contributed by atoms with Crippen LogP contribution in [-0.2, 0) is 6.54 Å². The van der Waals surface area contributed by atoms with Crippen LogP contribution >= 0.6 is 0 Å². The van der Waals surface area contributed by atoms with Gasteiger partial charge < -0.3 is 0 Å². The van der Waals surface area contributed by atoms with Gasteiger partial charge in [-0.1, -0.05) is 6.08 Å². The van der Waals surface area contributed by atoms with Gasteiger partial charge >= 0.3 is 0 Å². The summed E-state index contributed by atoms with van der Waals surface area (Å²) in [5, 5.41) is 4.62. The molecule has 0 aromatic carbocycles. The largest absolute Gasteiger partial charge is 0.298 e. The summed E-state index contributed by atoms with van der Waals surface area (Å²) in [5.41, 5.74) is 3.72. The maximum absolute atomic E-state index is 13.1. The molecule has 2 atom stereocenters. The van der Waals surface area contributed by atoms with E-state index in [0.29, 0.717) is 29.8 Å². The Morgan fingerprint density at radius 3 is 2.84 bits per heavy atom. The highest BCUT2D eigenvalue weighted by molar-refractivity contribution is 5.61. The molecule has 3 aliphatic rings. The lowest BCUT2D eigenvalue weighted by Crippen LogP contribution is -2.54. The van der Waals surface area contributed by atoms with E-state index in [9.17, 15) is 4.79 Å². The number of nitrogens with zero attached hydrogens (tertiary/aromatic N) is 7. The van der Waals surface area contributed by atoms with Crippen LogP contribution in [0, 0.1) is 13.8 Å². The Kier molecular flexibility index (Phi) is 4.08. The first-order valence-corrected chi connectivity index (χ1v) is 11.0. The predicted molar refractivity (Wildman–Crippen MR) is 119 cm³/mol. The molecular weight excluding hydrogens is 390 g/mol. The molecule has 3 aromatic heterocycles. The van der Waals surface area contributed by atoms with Crippen molar-refractivity contribution in [2.24, 2.45) is 0 Å². The smallest absolute Gasteiger partial charge is 0.254 e. The van der Waals surface area contributed by atoms with Crippen molar-refractivity contribution in [1.29, 1.82) is 0 Å². The van der Waals surface area contributed by atoms with Crippen LogP contribution in [0.25, 0.3) is 23.1 Å². The number of imidazole rings is 1. The number of hydrogen-bond acceptors (Lipinski definition) is 6. The second-order valence-corrected chi connectivity index (χ2v) is 8.89. The van der Waals surface area contributed by atoms with E-state index in [1.807, 2.05) is 38.3 Å². The van der Waals surface area contributed by atoms with Crippen LogP contribution < -0.4 is 5.56 Å². The lowest BCUT2D eigenvalue weighted by atomic mass is 10.1. The monoisotopic (exact) mass is 418 g/mol. The van der Waals surface area contributed by atoms with Crippen LogP contribution in [0.5, 0.6) is 0 Å². The van der Waals surface area contributed by atoms with Gasteiger partial charge in [-0.2, -0.15) is 5.10 Å². The first kappa shape index (κ1) is 17.8. The van der Waals surface area contributed by atoms with Crippen LogP contribution in [0.3, 0.4) is 0 Å². The average molecular weight is 419 g/mol. The number of hydrogen-bond donors (Lipinski definition) is 0. The second-order valence-electron chi connectivity index (χ2n) is 8.89. The molecule has 0 aliphatic carbocycles. The Labute approximate surface area is 182 Å². The van der Waals surface area contributed by atoms with Gasteiger partial charge in [-0.05, 0) is 50.9 Å².